The van der Waals surface area contributed by atoms with Crippen LogP contribution in [0.1, 0.15) is 28.2 Å². The van der Waals surface area contributed by atoms with Gasteiger partial charge in [-0.3, -0.25) is 4.68 Å². The summed E-state index contributed by atoms with van der Waals surface area (Å²) in [6, 6.07) is 9.99. The van der Waals surface area contributed by atoms with Crippen molar-refractivity contribution in [3.05, 3.63) is 93.4 Å². The molecule has 2 aliphatic rings. The number of aromatic nitrogens is 5. The van der Waals surface area contributed by atoms with Crippen LogP contribution in [-0.4, -0.2) is 30.5 Å². The number of hydrogen-bond donors (Lipinski definition) is 0. The maximum atomic E-state index is 13.3. The van der Waals surface area contributed by atoms with Crippen LogP contribution in [-0.2, 0) is 24.1 Å². The number of halogens is 1. The first-order valence-corrected chi connectivity index (χ1v) is 10.5. The molecule has 160 valence electrons. The van der Waals surface area contributed by atoms with Crippen molar-refractivity contribution in [1.82, 2.24) is 23.9 Å². The minimum Gasteiger partial charge on any atom is -0.488 e. The Morgan fingerprint density at radius 1 is 1.09 bits per heavy atom. The van der Waals surface area contributed by atoms with Gasteiger partial charge < -0.3 is 9.30 Å². The summed E-state index contributed by atoms with van der Waals surface area (Å²) in [6.45, 7) is 2.88. The predicted octanol–water partition coefficient (Wildman–Crippen LogP) is 3.29. The minimum absolute atomic E-state index is 0.351. The fourth-order valence-corrected chi connectivity index (χ4v) is 4.44. The number of nitrogens with zero attached hydrogens (tertiary/aromatic N) is 5. The molecule has 8 heteroatoms. The molecule has 2 aromatic heterocycles. The summed E-state index contributed by atoms with van der Waals surface area (Å²) in [6.07, 6.45) is 7.84. The Bertz CT molecular complexity index is 1440. The summed E-state index contributed by atoms with van der Waals surface area (Å²) >= 11 is 0. The predicted molar refractivity (Wildman–Crippen MR) is 117 cm³/mol. The normalized spacial score (nSPS) is 15.8. The maximum Gasteiger partial charge on any atom is 0.369 e. The van der Waals surface area contributed by atoms with E-state index < -0.39 is 5.69 Å². The van der Waals surface area contributed by atoms with Gasteiger partial charge in [-0.25, -0.2) is 14.2 Å². The number of rotatable bonds is 3. The first-order valence-electron chi connectivity index (χ1n) is 10.5. The third kappa shape index (κ3) is 2.90. The van der Waals surface area contributed by atoms with Gasteiger partial charge in [-0.05, 0) is 72.9 Å². The van der Waals surface area contributed by atoms with Gasteiger partial charge in [0.2, 0.25) is 0 Å². The summed E-state index contributed by atoms with van der Waals surface area (Å²) < 4.78 is 24.6. The van der Waals surface area contributed by atoms with Gasteiger partial charge in [-0.2, -0.15) is 9.67 Å². The average molecular weight is 429 g/mol. The van der Waals surface area contributed by atoms with Crippen LogP contribution >= 0.6 is 0 Å². The molecule has 0 spiro atoms. The fraction of sp³-hybridized carbons (Fsp3) is 0.208. The van der Waals surface area contributed by atoms with Crippen LogP contribution in [0.4, 0.5) is 4.39 Å². The Labute approximate surface area is 183 Å². The van der Waals surface area contributed by atoms with Crippen LogP contribution in [0.3, 0.4) is 0 Å². The van der Waals surface area contributed by atoms with Crippen molar-refractivity contribution in [2.45, 2.75) is 26.3 Å². The first-order chi connectivity index (χ1) is 15.6. The van der Waals surface area contributed by atoms with Crippen LogP contribution in [0.2, 0.25) is 0 Å². The van der Waals surface area contributed by atoms with Crippen LogP contribution in [0.25, 0.3) is 23.2 Å². The molecule has 6 rings (SSSR count). The third-order valence-corrected chi connectivity index (χ3v) is 6.07. The molecular formula is C24H20FN5O2. The molecule has 0 fully saturated rings. The van der Waals surface area contributed by atoms with Gasteiger partial charge in [0.05, 0.1) is 24.3 Å². The van der Waals surface area contributed by atoms with Gasteiger partial charge in [0.25, 0.3) is 0 Å². The van der Waals surface area contributed by atoms with Gasteiger partial charge in [-0.15, -0.1) is 0 Å². The van der Waals surface area contributed by atoms with Crippen LogP contribution in [0, 0.1) is 12.7 Å². The Balaban J connectivity index is 1.42. The summed E-state index contributed by atoms with van der Waals surface area (Å²) in [5.41, 5.74) is 5.94. The van der Waals surface area contributed by atoms with E-state index in [1.807, 2.05) is 25.5 Å². The highest BCUT2D eigenvalue weighted by Crippen LogP contribution is 2.34. The average Bonchev–Trinajstić information content (AvgIpc) is 3.33. The maximum absolute atomic E-state index is 13.3. The molecule has 1 aliphatic heterocycles. The van der Waals surface area contributed by atoms with E-state index >= 15 is 0 Å². The van der Waals surface area contributed by atoms with E-state index in [9.17, 15) is 9.18 Å². The summed E-state index contributed by atoms with van der Waals surface area (Å²) in [5.74, 6) is 0.693. The standard InChI is InChI=1S/C24H20FN5O2/c1-15-13-28(14-26-15)21-9-2-16(19-7-8-20(19)21)12-22-23-27-24(31)30(29(23)10-11-32-22)18-5-3-17(25)4-6-18/h2-6,9,12-14H,7-8,10-11H2,1H3. The lowest BCUT2D eigenvalue weighted by molar-refractivity contribution is 0.223. The second-order valence-electron chi connectivity index (χ2n) is 8.04. The molecule has 2 aromatic carbocycles. The van der Waals surface area contributed by atoms with Crippen molar-refractivity contribution < 1.29 is 9.13 Å². The van der Waals surface area contributed by atoms with E-state index in [2.05, 4.69) is 26.7 Å². The molecule has 0 bridgehead atoms. The van der Waals surface area contributed by atoms with E-state index in [0.29, 0.717) is 30.4 Å². The topological polar surface area (TPSA) is 66.9 Å². The number of aryl methyl sites for hydroxylation is 1. The molecule has 0 amide bonds. The molecule has 7 nitrogen and oxygen atoms in total. The molecule has 4 aromatic rings. The SMILES string of the molecule is Cc1cn(-c2ccc(C=C3OCCn4c3nc(=O)n4-c3ccc(F)cc3)c3c2CC3)cn1. The third-order valence-electron chi connectivity index (χ3n) is 6.07. The van der Waals surface area contributed by atoms with E-state index in [1.165, 1.54) is 27.9 Å². The summed E-state index contributed by atoms with van der Waals surface area (Å²) in [7, 11) is 0. The second-order valence-corrected chi connectivity index (χ2v) is 8.04. The number of hydrogen-bond acceptors (Lipinski definition) is 4. The Morgan fingerprint density at radius 3 is 2.62 bits per heavy atom. The van der Waals surface area contributed by atoms with Crippen molar-refractivity contribution in [3.8, 4) is 11.4 Å². The Hall–Kier alpha value is -3.94. The summed E-state index contributed by atoms with van der Waals surface area (Å²) in [4.78, 5) is 21.2. The van der Waals surface area contributed by atoms with E-state index in [-0.39, 0.29) is 5.82 Å². The van der Waals surface area contributed by atoms with Gasteiger partial charge in [0.1, 0.15) is 12.4 Å². The number of fused-ring (bicyclic) bond motifs is 2. The van der Waals surface area contributed by atoms with Crippen molar-refractivity contribution in [3.63, 3.8) is 0 Å². The molecule has 3 heterocycles. The lowest BCUT2D eigenvalue weighted by atomic mass is 9.83. The lowest BCUT2D eigenvalue weighted by Crippen LogP contribution is -2.26. The molecule has 0 N–H and O–H groups in total. The molecule has 0 saturated heterocycles. The zero-order chi connectivity index (χ0) is 21.8. The molecule has 0 unspecified atom stereocenters. The first kappa shape index (κ1) is 18.8. The van der Waals surface area contributed by atoms with E-state index in [4.69, 9.17) is 4.74 Å². The lowest BCUT2D eigenvalue weighted by Gasteiger charge is -2.26. The fourth-order valence-electron chi connectivity index (χ4n) is 4.44. The number of ether oxygens (including phenoxy) is 1. The number of benzene rings is 2. The smallest absolute Gasteiger partial charge is 0.369 e. The molecular weight excluding hydrogens is 409 g/mol. The minimum atomic E-state index is -0.415. The quantitative estimate of drug-likeness (QED) is 0.501. The highest BCUT2D eigenvalue weighted by molar-refractivity contribution is 5.78. The molecule has 0 saturated carbocycles. The zero-order valence-corrected chi connectivity index (χ0v) is 17.5. The van der Waals surface area contributed by atoms with Crippen LogP contribution in [0.5, 0.6) is 0 Å². The molecule has 1 aliphatic carbocycles. The van der Waals surface area contributed by atoms with Gasteiger partial charge in [-0.1, -0.05) is 6.07 Å². The molecule has 0 radical (unpaired) electrons. The van der Waals surface area contributed by atoms with Crippen molar-refractivity contribution >= 4 is 11.8 Å². The van der Waals surface area contributed by atoms with Crippen molar-refractivity contribution in [1.29, 1.82) is 0 Å². The largest absolute Gasteiger partial charge is 0.488 e. The Kier molecular flexibility index (Phi) is 4.14. The van der Waals surface area contributed by atoms with Gasteiger partial charge >= 0.3 is 5.69 Å². The van der Waals surface area contributed by atoms with Gasteiger partial charge in [0.15, 0.2) is 11.6 Å². The second kappa shape index (κ2) is 7.05. The van der Waals surface area contributed by atoms with E-state index in [0.717, 1.165) is 29.8 Å². The monoisotopic (exact) mass is 429 g/mol. The van der Waals surface area contributed by atoms with Gasteiger partial charge in [0, 0.05) is 11.9 Å². The van der Waals surface area contributed by atoms with Crippen molar-refractivity contribution in [2.24, 2.45) is 0 Å². The summed E-state index contributed by atoms with van der Waals surface area (Å²) in [5, 5.41) is 0. The number of imidazole rings is 1. The van der Waals surface area contributed by atoms with Crippen LogP contribution < -0.4 is 5.69 Å². The molecule has 32 heavy (non-hydrogen) atoms. The Morgan fingerprint density at radius 2 is 1.91 bits per heavy atom. The highest BCUT2D eigenvalue weighted by atomic mass is 19.1. The molecule has 0 atom stereocenters. The highest BCUT2D eigenvalue weighted by Gasteiger charge is 2.26. The van der Waals surface area contributed by atoms with Crippen molar-refractivity contribution in [2.75, 3.05) is 6.61 Å². The zero-order valence-electron chi connectivity index (χ0n) is 17.5. The van der Waals surface area contributed by atoms with Crippen LogP contribution in [0.15, 0.2) is 53.7 Å². The van der Waals surface area contributed by atoms with E-state index in [1.54, 1.807) is 16.8 Å².